The van der Waals surface area contributed by atoms with Crippen molar-refractivity contribution in [2.75, 3.05) is 4.90 Å². The van der Waals surface area contributed by atoms with Crippen molar-refractivity contribution in [2.45, 2.75) is 13.3 Å². The van der Waals surface area contributed by atoms with Gasteiger partial charge in [0.15, 0.2) is 0 Å². The molecule has 0 aliphatic heterocycles. The Labute approximate surface area is 261 Å². The van der Waals surface area contributed by atoms with Gasteiger partial charge in [-0.1, -0.05) is 153 Å². The smallest absolute Gasteiger partial charge is 0.0539 e. The van der Waals surface area contributed by atoms with E-state index in [1.807, 2.05) is 0 Å². The highest BCUT2D eigenvalue weighted by molar-refractivity contribution is 5.88. The summed E-state index contributed by atoms with van der Waals surface area (Å²) in [5, 5.41) is 0. The summed E-state index contributed by atoms with van der Waals surface area (Å²) >= 11 is 0. The van der Waals surface area contributed by atoms with E-state index in [-0.39, 0.29) is 0 Å². The van der Waals surface area contributed by atoms with E-state index in [0.717, 1.165) is 12.1 Å². The predicted molar refractivity (Wildman–Crippen MR) is 188 cm³/mol. The highest BCUT2D eigenvalue weighted by Gasteiger charge is 2.23. The third-order valence-electron chi connectivity index (χ3n) is 8.52. The maximum atomic E-state index is 2.45. The predicted octanol–water partition coefficient (Wildman–Crippen LogP) is 11.8. The zero-order valence-electron chi connectivity index (χ0n) is 25.0. The zero-order chi connectivity index (χ0) is 29.7. The monoisotopic (exact) mass is 565 g/mol. The van der Waals surface area contributed by atoms with Crippen LogP contribution in [0.2, 0.25) is 0 Å². The van der Waals surface area contributed by atoms with Gasteiger partial charge in [-0.3, -0.25) is 0 Å². The summed E-state index contributed by atoms with van der Waals surface area (Å²) in [5.74, 6) is 0.444. The molecule has 1 aliphatic carbocycles. The molecule has 0 spiro atoms. The van der Waals surface area contributed by atoms with Gasteiger partial charge in [-0.05, 0) is 81.6 Å². The number of hydrogen-bond acceptors (Lipinski definition) is 1. The molecule has 0 radical (unpaired) electrons. The van der Waals surface area contributed by atoms with Crippen LogP contribution in [-0.4, -0.2) is 0 Å². The number of allylic oxidation sites excluding steroid dienone is 3. The second-order valence-electron chi connectivity index (χ2n) is 11.4. The van der Waals surface area contributed by atoms with Crippen molar-refractivity contribution in [3.8, 4) is 33.4 Å². The molecule has 212 valence electrons. The Morgan fingerprint density at radius 3 is 1.70 bits per heavy atom. The SMILES string of the molecule is CC1CC=C(N(c2cccc(-c3cccc(-c4ccccc4)c3)c2)c2ccccc2-c2ccccc2)C=C1c1ccccc1. The van der Waals surface area contributed by atoms with Gasteiger partial charge in [-0.25, -0.2) is 0 Å². The van der Waals surface area contributed by atoms with E-state index in [2.05, 4.69) is 188 Å². The molecular formula is C43H35N. The molecule has 6 aromatic carbocycles. The second-order valence-corrected chi connectivity index (χ2v) is 11.4. The largest absolute Gasteiger partial charge is 0.310 e. The normalized spacial score (nSPS) is 14.4. The van der Waals surface area contributed by atoms with E-state index in [9.17, 15) is 0 Å². The minimum Gasteiger partial charge on any atom is -0.310 e. The Hall–Kier alpha value is -5.40. The highest BCUT2D eigenvalue weighted by atomic mass is 15.1. The molecule has 1 nitrogen and oxygen atoms in total. The fourth-order valence-corrected chi connectivity index (χ4v) is 6.23. The number of nitrogens with zero attached hydrogens (tertiary/aromatic N) is 1. The molecule has 0 aromatic heterocycles. The van der Waals surface area contributed by atoms with Crippen molar-refractivity contribution < 1.29 is 0 Å². The number of para-hydroxylation sites is 1. The van der Waals surface area contributed by atoms with Crippen LogP contribution in [0, 0.1) is 5.92 Å². The van der Waals surface area contributed by atoms with Gasteiger partial charge in [-0.2, -0.15) is 0 Å². The molecule has 1 aliphatic rings. The summed E-state index contributed by atoms with van der Waals surface area (Å²) in [6, 6.07) is 58.7. The van der Waals surface area contributed by atoms with Gasteiger partial charge in [0.2, 0.25) is 0 Å². The first-order valence-electron chi connectivity index (χ1n) is 15.4. The molecule has 0 bridgehead atoms. The maximum absolute atomic E-state index is 2.45. The zero-order valence-corrected chi connectivity index (χ0v) is 25.0. The molecule has 6 aromatic rings. The first-order valence-corrected chi connectivity index (χ1v) is 15.4. The lowest BCUT2D eigenvalue weighted by Crippen LogP contribution is -2.19. The van der Waals surface area contributed by atoms with Gasteiger partial charge < -0.3 is 4.90 Å². The van der Waals surface area contributed by atoms with E-state index in [1.54, 1.807) is 0 Å². The summed E-state index contributed by atoms with van der Waals surface area (Å²) < 4.78 is 0. The molecule has 0 fully saturated rings. The summed E-state index contributed by atoms with van der Waals surface area (Å²) in [6.07, 6.45) is 5.79. The number of rotatable bonds is 7. The topological polar surface area (TPSA) is 3.24 Å². The molecule has 0 heterocycles. The standard InChI is InChI=1S/C43H35N/c1-32-27-28-40(31-42(32)35-19-9-4-10-20-35)44(43-26-12-11-25-41(43)34-17-7-3-8-18-34)39-24-14-23-38(30-39)37-22-13-21-36(29-37)33-15-5-2-6-16-33/h2-26,28-32H,27H2,1H3. The Kier molecular flexibility index (Phi) is 7.76. The fraction of sp³-hybridized carbons (Fsp3) is 0.0698. The average molecular weight is 566 g/mol. The first kappa shape index (κ1) is 27.4. The van der Waals surface area contributed by atoms with E-state index >= 15 is 0 Å². The molecular weight excluding hydrogens is 530 g/mol. The van der Waals surface area contributed by atoms with E-state index in [4.69, 9.17) is 0 Å². The van der Waals surface area contributed by atoms with Crippen LogP contribution < -0.4 is 4.90 Å². The average Bonchev–Trinajstić information content (AvgIpc) is 3.11. The Morgan fingerprint density at radius 2 is 1.00 bits per heavy atom. The Bertz CT molecular complexity index is 1930. The maximum Gasteiger partial charge on any atom is 0.0539 e. The minimum atomic E-state index is 0.444. The molecule has 0 saturated carbocycles. The quantitative estimate of drug-likeness (QED) is 0.186. The van der Waals surface area contributed by atoms with E-state index < -0.39 is 0 Å². The fourth-order valence-electron chi connectivity index (χ4n) is 6.23. The van der Waals surface area contributed by atoms with Crippen LogP contribution in [0.5, 0.6) is 0 Å². The third-order valence-corrected chi connectivity index (χ3v) is 8.52. The van der Waals surface area contributed by atoms with Crippen molar-refractivity contribution in [1.82, 2.24) is 0 Å². The van der Waals surface area contributed by atoms with Gasteiger partial charge in [0.1, 0.15) is 0 Å². The lowest BCUT2D eigenvalue weighted by atomic mass is 9.86. The molecule has 0 amide bonds. The van der Waals surface area contributed by atoms with Crippen molar-refractivity contribution in [1.29, 1.82) is 0 Å². The first-order chi connectivity index (χ1) is 21.7. The van der Waals surface area contributed by atoms with Gasteiger partial charge in [0, 0.05) is 16.9 Å². The van der Waals surface area contributed by atoms with E-state index in [0.29, 0.717) is 5.92 Å². The van der Waals surface area contributed by atoms with Crippen LogP contribution in [0.25, 0.3) is 39.0 Å². The third kappa shape index (κ3) is 5.65. The molecule has 7 rings (SSSR count). The van der Waals surface area contributed by atoms with Crippen molar-refractivity contribution in [3.63, 3.8) is 0 Å². The second kappa shape index (κ2) is 12.5. The van der Waals surface area contributed by atoms with Gasteiger partial charge in [0.25, 0.3) is 0 Å². The van der Waals surface area contributed by atoms with Gasteiger partial charge in [-0.15, -0.1) is 0 Å². The van der Waals surface area contributed by atoms with Gasteiger partial charge >= 0.3 is 0 Å². The molecule has 1 unspecified atom stereocenters. The lowest BCUT2D eigenvalue weighted by molar-refractivity contribution is 0.750. The highest BCUT2D eigenvalue weighted by Crippen LogP contribution is 2.42. The number of benzene rings is 6. The molecule has 44 heavy (non-hydrogen) atoms. The Morgan fingerprint density at radius 1 is 0.477 bits per heavy atom. The Balaban J connectivity index is 1.38. The van der Waals surface area contributed by atoms with E-state index in [1.165, 1.54) is 55.9 Å². The summed E-state index contributed by atoms with van der Waals surface area (Å²) in [7, 11) is 0. The molecule has 1 atom stereocenters. The summed E-state index contributed by atoms with van der Waals surface area (Å²) in [6.45, 7) is 2.33. The van der Waals surface area contributed by atoms with Crippen molar-refractivity contribution >= 4 is 16.9 Å². The van der Waals surface area contributed by atoms with Gasteiger partial charge in [0.05, 0.1) is 5.69 Å². The van der Waals surface area contributed by atoms with Crippen LogP contribution in [0.15, 0.2) is 182 Å². The summed E-state index contributed by atoms with van der Waals surface area (Å²) in [5.41, 5.74) is 13.4. The number of hydrogen-bond donors (Lipinski definition) is 0. The van der Waals surface area contributed by atoms with Crippen LogP contribution in [0.3, 0.4) is 0 Å². The summed E-state index contributed by atoms with van der Waals surface area (Å²) in [4.78, 5) is 2.45. The molecule has 0 N–H and O–H groups in total. The molecule has 0 saturated heterocycles. The number of anilines is 2. The van der Waals surface area contributed by atoms with Crippen molar-refractivity contribution in [3.05, 3.63) is 187 Å². The van der Waals surface area contributed by atoms with Crippen LogP contribution in [0.4, 0.5) is 11.4 Å². The van der Waals surface area contributed by atoms with Crippen molar-refractivity contribution in [2.24, 2.45) is 5.92 Å². The lowest BCUT2D eigenvalue weighted by Gasteiger charge is -2.32. The molecule has 1 heteroatoms. The van der Waals surface area contributed by atoms with Crippen LogP contribution in [0.1, 0.15) is 18.9 Å². The van der Waals surface area contributed by atoms with Crippen LogP contribution in [-0.2, 0) is 0 Å². The van der Waals surface area contributed by atoms with Crippen LogP contribution >= 0.6 is 0 Å². The minimum absolute atomic E-state index is 0.444.